The van der Waals surface area contributed by atoms with Crippen LogP contribution in [0.25, 0.3) is 11.0 Å². The number of aryl methyl sites for hydroxylation is 1. The van der Waals surface area contributed by atoms with E-state index in [1.54, 1.807) is 22.7 Å². The Hall–Kier alpha value is -3.21. The lowest BCUT2D eigenvalue weighted by atomic mass is 10.2. The molecule has 2 aromatic heterocycles. The molecule has 0 saturated carbocycles. The molecular formula is C20H29N7O4. The van der Waals surface area contributed by atoms with Crippen molar-refractivity contribution in [3.8, 4) is 0 Å². The highest BCUT2D eigenvalue weighted by molar-refractivity contribution is 5.79. The van der Waals surface area contributed by atoms with Gasteiger partial charge in [0.2, 0.25) is 17.8 Å². The van der Waals surface area contributed by atoms with E-state index in [-0.39, 0.29) is 23.8 Å². The number of ether oxygens (including phenoxy) is 1. The van der Waals surface area contributed by atoms with Crippen LogP contribution in [0.15, 0.2) is 23.6 Å². The van der Waals surface area contributed by atoms with Crippen molar-refractivity contribution in [2.24, 2.45) is 7.05 Å². The number of aromatic nitrogens is 4. The van der Waals surface area contributed by atoms with Crippen LogP contribution in [-0.2, 0) is 21.4 Å². The van der Waals surface area contributed by atoms with E-state index in [2.05, 4.69) is 27.0 Å². The molecule has 0 atom stereocenters. The van der Waals surface area contributed by atoms with E-state index in [1.165, 1.54) is 6.20 Å². The van der Waals surface area contributed by atoms with Crippen LogP contribution in [0.4, 0.5) is 5.95 Å². The first-order valence-electron chi connectivity index (χ1n) is 10.4. The SMILES string of the molecule is C=CCOCCCC(=O)N1CCC(=O)NCCN(c2nc3c(cnn3C)c(=O)[nH]2)CC1. The predicted octanol–water partition coefficient (Wildman–Crippen LogP) is -0.206. The number of nitrogens with zero attached hydrogens (tertiary/aromatic N) is 5. The molecule has 2 N–H and O–H groups in total. The summed E-state index contributed by atoms with van der Waals surface area (Å²) in [4.78, 5) is 48.1. The summed E-state index contributed by atoms with van der Waals surface area (Å²) in [6, 6.07) is 0. The molecule has 31 heavy (non-hydrogen) atoms. The molecule has 1 saturated heterocycles. The van der Waals surface area contributed by atoms with Crippen LogP contribution >= 0.6 is 0 Å². The van der Waals surface area contributed by atoms with Crippen LogP contribution in [0.3, 0.4) is 0 Å². The molecule has 0 spiro atoms. The Morgan fingerprint density at radius 1 is 1.29 bits per heavy atom. The van der Waals surface area contributed by atoms with Crippen molar-refractivity contribution >= 4 is 28.8 Å². The minimum Gasteiger partial charge on any atom is -0.377 e. The molecule has 2 amide bonds. The Labute approximate surface area is 180 Å². The summed E-state index contributed by atoms with van der Waals surface area (Å²) in [5.74, 6) is 0.248. The molecule has 11 heteroatoms. The largest absolute Gasteiger partial charge is 0.377 e. The number of hydrogen-bond donors (Lipinski definition) is 2. The number of carbonyl (C=O) groups excluding carboxylic acids is 2. The van der Waals surface area contributed by atoms with Gasteiger partial charge in [0.05, 0.1) is 12.8 Å². The predicted molar refractivity (Wildman–Crippen MR) is 116 cm³/mol. The van der Waals surface area contributed by atoms with Gasteiger partial charge in [0.25, 0.3) is 5.56 Å². The maximum Gasteiger partial charge on any atom is 0.263 e. The number of carbonyl (C=O) groups is 2. The van der Waals surface area contributed by atoms with Crippen molar-refractivity contribution in [1.82, 2.24) is 30.0 Å². The molecule has 0 aliphatic carbocycles. The van der Waals surface area contributed by atoms with Gasteiger partial charge in [0, 0.05) is 59.2 Å². The first kappa shape index (κ1) is 22.5. The standard InChI is InChI=1S/C20H29N7O4/c1-3-12-31-13-4-5-17(29)26-8-6-16(28)21-7-9-27(11-10-26)20-23-18-15(19(30)24-20)14-22-25(18)2/h3,14H,1,4-13H2,2H3,(H,21,28)(H,23,24,30). The third-order valence-electron chi connectivity index (χ3n) is 5.11. The van der Waals surface area contributed by atoms with Gasteiger partial charge in [-0.1, -0.05) is 6.08 Å². The minimum atomic E-state index is -0.276. The molecule has 0 unspecified atom stereocenters. The highest BCUT2D eigenvalue weighted by atomic mass is 16.5. The molecule has 1 aliphatic heterocycles. The molecule has 3 heterocycles. The molecule has 1 aliphatic rings. The highest BCUT2D eigenvalue weighted by Gasteiger charge is 2.20. The van der Waals surface area contributed by atoms with E-state index >= 15 is 0 Å². The summed E-state index contributed by atoms with van der Waals surface area (Å²) in [5.41, 5.74) is 0.203. The van der Waals surface area contributed by atoms with Crippen LogP contribution in [-0.4, -0.2) is 82.4 Å². The van der Waals surface area contributed by atoms with Crippen LogP contribution in [0.1, 0.15) is 19.3 Å². The average molecular weight is 431 g/mol. The quantitative estimate of drug-likeness (QED) is 0.459. The molecular weight excluding hydrogens is 402 g/mol. The van der Waals surface area contributed by atoms with Crippen LogP contribution in [0.5, 0.6) is 0 Å². The van der Waals surface area contributed by atoms with Gasteiger partial charge in [-0.25, -0.2) is 0 Å². The smallest absolute Gasteiger partial charge is 0.263 e. The second-order valence-electron chi connectivity index (χ2n) is 7.33. The monoisotopic (exact) mass is 431 g/mol. The summed E-state index contributed by atoms with van der Waals surface area (Å²) in [6.45, 7) is 6.64. The van der Waals surface area contributed by atoms with Gasteiger partial charge in [0.15, 0.2) is 5.65 Å². The van der Waals surface area contributed by atoms with Gasteiger partial charge in [-0.05, 0) is 6.42 Å². The Bertz CT molecular complexity index is 984. The fraction of sp³-hybridized carbons (Fsp3) is 0.550. The number of amides is 2. The molecule has 2 aromatic rings. The summed E-state index contributed by atoms with van der Waals surface area (Å²) in [7, 11) is 1.72. The molecule has 1 fully saturated rings. The Morgan fingerprint density at radius 2 is 2.13 bits per heavy atom. The maximum absolute atomic E-state index is 12.7. The minimum absolute atomic E-state index is 0.0286. The zero-order valence-corrected chi connectivity index (χ0v) is 17.8. The number of hydrogen-bond acceptors (Lipinski definition) is 7. The molecule has 3 rings (SSSR count). The lowest BCUT2D eigenvalue weighted by Gasteiger charge is -2.30. The summed E-state index contributed by atoms with van der Waals surface area (Å²) >= 11 is 0. The lowest BCUT2D eigenvalue weighted by Crippen LogP contribution is -2.45. The lowest BCUT2D eigenvalue weighted by molar-refractivity contribution is -0.132. The van der Waals surface area contributed by atoms with Gasteiger partial charge in [0.1, 0.15) is 5.39 Å². The summed E-state index contributed by atoms with van der Waals surface area (Å²) in [5, 5.41) is 7.35. The second-order valence-corrected chi connectivity index (χ2v) is 7.33. The Kier molecular flexibility index (Phi) is 7.76. The highest BCUT2D eigenvalue weighted by Crippen LogP contribution is 2.12. The first-order chi connectivity index (χ1) is 15.0. The summed E-state index contributed by atoms with van der Waals surface area (Å²) in [6.07, 6.45) is 4.35. The number of H-pyrrole nitrogens is 1. The van der Waals surface area contributed by atoms with Crippen molar-refractivity contribution in [1.29, 1.82) is 0 Å². The third-order valence-corrected chi connectivity index (χ3v) is 5.11. The fourth-order valence-corrected chi connectivity index (χ4v) is 3.40. The zero-order chi connectivity index (χ0) is 22.2. The third kappa shape index (κ3) is 5.91. The first-order valence-corrected chi connectivity index (χ1v) is 10.4. The van der Waals surface area contributed by atoms with Crippen molar-refractivity contribution in [2.45, 2.75) is 19.3 Å². The van der Waals surface area contributed by atoms with Gasteiger partial charge in [-0.2, -0.15) is 10.1 Å². The summed E-state index contributed by atoms with van der Waals surface area (Å²) < 4.78 is 6.88. The normalized spacial score (nSPS) is 15.7. The van der Waals surface area contributed by atoms with Crippen LogP contribution in [0.2, 0.25) is 0 Å². The number of aromatic amines is 1. The Morgan fingerprint density at radius 3 is 2.94 bits per heavy atom. The number of nitrogens with one attached hydrogen (secondary N) is 2. The van der Waals surface area contributed by atoms with Gasteiger partial charge in [-0.3, -0.25) is 24.0 Å². The van der Waals surface area contributed by atoms with Gasteiger partial charge >= 0.3 is 0 Å². The van der Waals surface area contributed by atoms with E-state index in [9.17, 15) is 14.4 Å². The van der Waals surface area contributed by atoms with E-state index in [1.807, 2.05) is 4.90 Å². The Balaban J connectivity index is 1.72. The van der Waals surface area contributed by atoms with E-state index in [0.29, 0.717) is 75.8 Å². The number of fused-ring (bicyclic) bond motifs is 1. The van der Waals surface area contributed by atoms with Gasteiger partial charge in [-0.15, -0.1) is 6.58 Å². The van der Waals surface area contributed by atoms with Crippen molar-refractivity contribution in [2.75, 3.05) is 50.8 Å². The fourth-order valence-electron chi connectivity index (χ4n) is 3.40. The average Bonchev–Trinajstić information content (AvgIpc) is 3.13. The van der Waals surface area contributed by atoms with Crippen molar-refractivity contribution in [3.05, 3.63) is 29.2 Å². The topological polar surface area (TPSA) is 125 Å². The van der Waals surface area contributed by atoms with Crippen molar-refractivity contribution in [3.63, 3.8) is 0 Å². The van der Waals surface area contributed by atoms with E-state index in [0.717, 1.165) is 0 Å². The number of rotatable bonds is 7. The van der Waals surface area contributed by atoms with Crippen LogP contribution < -0.4 is 15.8 Å². The van der Waals surface area contributed by atoms with Crippen LogP contribution in [0, 0.1) is 0 Å². The molecule has 0 bridgehead atoms. The molecule has 168 valence electrons. The molecule has 0 radical (unpaired) electrons. The van der Waals surface area contributed by atoms with E-state index in [4.69, 9.17) is 4.74 Å². The van der Waals surface area contributed by atoms with Crippen molar-refractivity contribution < 1.29 is 14.3 Å². The molecule has 0 aromatic carbocycles. The van der Waals surface area contributed by atoms with Gasteiger partial charge < -0.3 is 19.9 Å². The maximum atomic E-state index is 12.7. The van der Waals surface area contributed by atoms with E-state index < -0.39 is 0 Å². The zero-order valence-electron chi connectivity index (χ0n) is 17.8. The molecule has 11 nitrogen and oxygen atoms in total. The number of anilines is 1. The second kappa shape index (κ2) is 10.7.